The summed E-state index contributed by atoms with van der Waals surface area (Å²) in [5.41, 5.74) is 0. The average molecular weight is 152 g/mol. The SMILES string of the molecule is C#CCNCC(=O)NCC=C. The lowest BCUT2D eigenvalue weighted by Gasteiger charge is -2.00. The average Bonchev–Trinajstić information content (AvgIpc) is 2.01. The summed E-state index contributed by atoms with van der Waals surface area (Å²) in [6.45, 7) is 4.64. The van der Waals surface area contributed by atoms with E-state index in [9.17, 15) is 4.79 Å². The molecule has 0 atom stereocenters. The highest BCUT2D eigenvalue weighted by Gasteiger charge is 1.95. The van der Waals surface area contributed by atoms with Crippen LogP contribution in [-0.4, -0.2) is 25.5 Å². The minimum atomic E-state index is -0.0693. The van der Waals surface area contributed by atoms with Crippen molar-refractivity contribution in [1.29, 1.82) is 0 Å². The van der Waals surface area contributed by atoms with Gasteiger partial charge in [-0.1, -0.05) is 12.0 Å². The van der Waals surface area contributed by atoms with Gasteiger partial charge in [-0.25, -0.2) is 0 Å². The van der Waals surface area contributed by atoms with Gasteiger partial charge in [0, 0.05) is 6.54 Å². The first-order valence-corrected chi connectivity index (χ1v) is 3.33. The predicted octanol–water partition coefficient (Wildman–Crippen LogP) is -0.489. The molecule has 0 saturated carbocycles. The van der Waals surface area contributed by atoms with Crippen LogP contribution in [0.5, 0.6) is 0 Å². The molecule has 2 N–H and O–H groups in total. The molecule has 0 radical (unpaired) electrons. The molecule has 0 aliphatic rings. The van der Waals surface area contributed by atoms with Crippen molar-refractivity contribution < 1.29 is 4.79 Å². The third-order valence-electron chi connectivity index (χ3n) is 0.956. The Morgan fingerprint density at radius 3 is 3.00 bits per heavy atom. The zero-order valence-corrected chi connectivity index (χ0v) is 6.39. The number of rotatable bonds is 5. The van der Waals surface area contributed by atoms with Gasteiger partial charge in [-0.15, -0.1) is 13.0 Å². The van der Waals surface area contributed by atoms with Crippen LogP contribution in [-0.2, 0) is 4.79 Å². The molecule has 0 aromatic rings. The summed E-state index contributed by atoms with van der Waals surface area (Å²) in [4.78, 5) is 10.8. The molecular formula is C8H12N2O. The van der Waals surface area contributed by atoms with E-state index in [0.29, 0.717) is 13.1 Å². The molecule has 60 valence electrons. The Bertz CT molecular complexity index is 169. The molecular weight excluding hydrogens is 140 g/mol. The van der Waals surface area contributed by atoms with Gasteiger partial charge in [0.1, 0.15) is 0 Å². The molecule has 0 unspecified atom stereocenters. The van der Waals surface area contributed by atoms with Crippen molar-refractivity contribution >= 4 is 5.91 Å². The fourth-order valence-electron chi connectivity index (χ4n) is 0.497. The summed E-state index contributed by atoms with van der Waals surface area (Å²) in [5, 5.41) is 5.36. The minimum absolute atomic E-state index is 0.0693. The highest BCUT2D eigenvalue weighted by molar-refractivity contribution is 5.78. The van der Waals surface area contributed by atoms with Crippen molar-refractivity contribution in [1.82, 2.24) is 10.6 Å². The topological polar surface area (TPSA) is 41.1 Å². The van der Waals surface area contributed by atoms with E-state index in [4.69, 9.17) is 6.42 Å². The quantitative estimate of drug-likeness (QED) is 0.317. The van der Waals surface area contributed by atoms with Crippen LogP contribution >= 0.6 is 0 Å². The maximum Gasteiger partial charge on any atom is 0.234 e. The van der Waals surface area contributed by atoms with Crippen LogP contribution < -0.4 is 10.6 Å². The lowest BCUT2D eigenvalue weighted by atomic mass is 10.5. The second-order valence-electron chi connectivity index (χ2n) is 1.90. The Hall–Kier alpha value is -1.27. The van der Waals surface area contributed by atoms with Crippen molar-refractivity contribution in [2.75, 3.05) is 19.6 Å². The van der Waals surface area contributed by atoms with Gasteiger partial charge in [0.15, 0.2) is 0 Å². The van der Waals surface area contributed by atoms with Crippen LogP contribution in [0.3, 0.4) is 0 Å². The molecule has 0 aromatic carbocycles. The van der Waals surface area contributed by atoms with Gasteiger partial charge in [-0.3, -0.25) is 10.1 Å². The zero-order chi connectivity index (χ0) is 8.53. The molecule has 0 aromatic heterocycles. The summed E-state index contributed by atoms with van der Waals surface area (Å²) in [6.07, 6.45) is 6.58. The van der Waals surface area contributed by atoms with Crippen LogP contribution in [0.25, 0.3) is 0 Å². The zero-order valence-electron chi connectivity index (χ0n) is 6.39. The standard InChI is InChI=1S/C8H12N2O/c1-3-5-9-7-8(11)10-6-4-2/h1,4,9H,2,5-7H2,(H,10,11). The Balaban J connectivity index is 3.24. The lowest BCUT2D eigenvalue weighted by Crippen LogP contribution is -2.33. The summed E-state index contributed by atoms with van der Waals surface area (Å²) in [6, 6.07) is 0. The van der Waals surface area contributed by atoms with Crippen molar-refractivity contribution in [2.45, 2.75) is 0 Å². The second kappa shape index (κ2) is 6.84. The van der Waals surface area contributed by atoms with Gasteiger partial charge in [0.2, 0.25) is 5.91 Å². The first-order chi connectivity index (χ1) is 5.31. The predicted molar refractivity (Wildman–Crippen MR) is 44.9 cm³/mol. The van der Waals surface area contributed by atoms with Crippen molar-refractivity contribution in [3.63, 3.8) is 0 Å². The third-order valence-corrected chi connectivity index (χ3v) is 0.956. The number of amides is 1. The molecule has 1 amide bonds. The van der Waals surface area contributed by atoms with Crippen molar-refractivity contribution in [3.8, 4) is 12.3 Å². The van der Waals surface area contributed by atoms with Crippen LogP contribution in [0.15, 0.2) is 12.7 Å². The highest BCUT2D eigenvalue weighted by Crippen LogP contribution is 1.64. The molecule has 0 heterocycles. The molecule has 3 nitrogen and oxygen atoms in total. The molecule has 0 fully saturated rings. The maximum atomic E-state index is 10.8. The summed E-state index contributed by atoms with van der Waals surface area (Å²) in [7, 11) is 0. The number of hydrogen-bond acceptors (Lipinski definition) is 2. The molecule has 0 rings (SSSR count). The summed E-state index contributed by atoms with van der Waals surface area (Å²) < 4.78 is 0. The van der Waals surface area contributed by atoms with E-state index in [1.54, 1.807) is 6.08 Å². The highest BCUT2D eigenvalue weighted by atomic mass is 16.1. The first kappa shape index (κ1) is 9.73. The smallest absolute Gasteiger partial charge is 0.234 e. The van der Waals surface area contributed by atoms with Crippen LogP contribution in [0.2, 0.25) is 0 Å². The summed E-state index contributed by atoms with van der Waals surface area (Å²) in [5.74, 6) is 2.30. The molecule has 0 saturated heterocycles. The number of carbonyl (C=O) groups excluding carboxylic acids is 1. The fourth-order valence-corrected chi connectivity index (χ4v) is 0.497. The van der Waals surface area contributed by atoms with E-state index in [0.717, 1.165) is 0 Å². The molecule has 0 bridgehead atoms. The van der Waals surface area contributed by atoms with E-state index < -0.39 is 0 Å². The van der Waals surface area contributed by atoms with Gasteiger partial charge >= 0.3 is 0 Å². The van der Waals surface area contributed by atoms with Crippen LogP contribution in [0.4, 0.5) is 0 Å². The minimum Gasteiger partial charge on any atom is -0.352 e. The second-order valence-corrected chi connectivity index (χ2v) is 1.90. The van der Waals surface area contributed by atoms with E-state index in [1.165, 1.54) is 0 Å². The fraction of sp³-hybridized carbons (Fsp3) is 0.375. The largest absolute Gasteiger partial charge is 0.352 e. The summed E-state index contributed by atoms with van der Waals surface area (Å²) >= 11 is 0. The number of hydrogen-bond donors (Lipinski definition) is 2. The number of carbonyl (C=O) groups is 1. The molecule has 0 aliphatic heterocycles. The van der Waals surface area contributed by atoms with Gasteiger partial charge in [-0.2, -0.15) is 0 Å². The molecule has 11 heavy (non-hydrogen) atoms. The van der Waals surface area contributed by atoms with Gasteiger partial charge < -0.3 is 5.32 Å². The Morgan fingerprint density at radius 1 is 1.73 bits per heavy atom. The van der Waals surface area contributed by atoms with E-state index >= 15 is 0 Å². The Labute approximate surface area is 66.9 Å². The van der Waals surface area contributed by atoms with E-state index in [1.807, 2.05) is 0 Å². The number of terminal acetylenes is 1. The molecule has 0 spiro atoms. The third kappa shape index (κ3) is 6.62. The first-order valence-electron chi connectivity index (χ1n) is 3.33. The maximum absolute atomic E-state index is 10.8. The Kier molecular flexibility index (Phi) is 6.05. The van der Waals surface area contributed by atoms with Crippen LogP contribution in [0.1, 0.15) is 0 Å². The van der Waals surface area contributed by atoms with Gasteiger partial charge in [0.05, 0.1) is 13.1 Å². The van der Waals surface area contributed by atoms with E-state index in [-0.39, 0.29) is 12.5 Å². The lowest BCUT2D eigenvalue weighted by molar-refractivity contribution is -0.119. The van der Waals surface area contributed by atoms with Crippen molar-refractivity contribution in [2.24, 2.45) is 0 Å². The normalized spacial score (nSPS) is 8.27. The monoisotopic (exact) mass is 152 g/mol. The molecule has 0 aliphatic carbocycles. The van der Waals surface area contributed by atoms with Gasteiger partial charge in [0.25, 0.3) is 0 Å². The van der Waals surface area contributed by atoms with Gasteiger partial charge in [-0.05, 0) is 0 Å². The molecule has 3 heteroatoms. The van der Waals surface area contributed by atoms with Crippen molar-refractivity contribution in [3.05, 3.63) is 12.7 Å². The number of nitrogens with one attached hydrogen (secondary N) is 2. The van der Waals surface area contributed by atoms with Crippen LogP contribution in [0, 0.1) is 12.3 Å². The Morgan fingerprint density at radius 2 is 2.45 bits per heavy atom. The van der Waals surface area contributed by atoms with E-state index in [2.05, 4.69) is 23.1 Å².